The van der Waals surface area contributed by atoms with Crippen molar-refractivity contribution in [1.82, 2.24) is 4.72 Å². The third-order valence-electron chi connectivity index (χ3n) is 4.53. The summed E-state index contributed by atoms with van der Waals surface area (Å²) in [6, 6.07) is 17.5. The number of carbonyl (C=O) groups is 1. The van der Waals surface area contributed by atoms with Gasteiger partial charge in [0.15, 0.2) is 6.10 Å². The third kappa shape index (κ3) is 5.53. The summed E-state index contributed by atoms with van der Waals surface area (Å²) in [6.07, 6.45) is -0.820. The predicted octanol–water partition coefficient (Wildman–Crippen LogP) is 3.94. The van der Waals surface area contributed by atoms with Crippen LogP contribution >= 0.6 is 0 Å². The van der Waals surface area contributed by atoms with Crippen LogP contribution in [0.4, 0.5) is 5.69 Å². The fourth-order valence-electron chi connectivity index (χ4n) is 3.06. The number of benzene rings is 3. The lowest BCUT2D eigenvalue weighted by Gasteiger charge is -2.17. The van der Waals surface area contributed by atoms with Crippen LogP contribution in [0.3, 0.4) is 0 Å². The lowest BCUT2D eigenvalue weighted by Crippen LogP contribution is -2.31. The largest absolute Gasteiger partial charge is 0.495 e. The highest BCUT2D eigenvalue weighted by atomic mass is 32.2. The molecule has 0 fully saturated rings. The molecule has 0 saturated carbocycles. The standard InChI is InChI=1S/C23H26N2O5S/c1-15(2)25-31(27,28)20-11-12-22(29-4)21(14-20)24-23(26)16(3)30-19-10-9-17-7-5-6-8-18(17)13-19/h5-16,25H,1-4H3,(H,24,26). The summed E-state index contributed by atoms with van der Waals surface area (Å²) >= 11 is 0. The van der Waals surface area contributed by atoms with Crippen molar-refractivity contribution in [2.45, 2.75) is 37.8 Å². The van der Waals surface area contributed by atoms with E-state index in [0.717, 1.165) is 10.8 Å². The highest BCUT2D eigenvalue weighted by Crippen LogP contribution is 2.28. The maximum Gasteiger partial charge on any atom is 0.265 e. The van der Waals surface area contributed by atoms with E-state index in [2.05, 4.69) is 10.0 Å². The molecule has 3 rings (SSSR count). The molecule has 1 amide bonds. The summed E-state index contributed by atoms with van der Waals surface area (Å²) < 4.78 is 38.5. The lowest BCUT2D eigenvalue weighted by molar-refractivity contribution is -0.122. The highest BCUT2D eigenvalue weighted by molar-refractivity contribution is 7.89. The Bertz CT molecular complexity index is 1190. The molecule has 0 aliphatic heterocycles. The van der Waals surface area contributed by atoms with Gasteiger partial charge in [-0.2, -0.15) is 0 Å². The fourth-order valence-corrected chi connectivity index (χ4v) is 4.34. The van der Waals surface area contributed by atoms with Crippen molar-refractivity contribution in [3.8, 4) is 11.5 Å². The molecule has 1 atom stereocenters. The molecule has 31 heavy (non-hydrogen) atoms. The average molecular weight is 443 g/mol. The quantitative estimate of drug-likeness (QED) is 0.551. The van der Waals surface area contributed by atoms with Gasteiger partial charge in [0, 0.05) is 6.04 Å². The Balaban J connectivity index is 1.78. The maximum absolute atomic E-state index is 12.7. The SMILES string of the molecule is COc1ccc(S(=O)(=O)NC(C)C)cc1NC(=O)C(C)Oc1ccc2ccccc2c1. The Morgan fingerprint density at radius 3 is 2.32 bits per heavy atom. The van der Waals surface area contributed by atoms with Crippen LogP contribution in [0.1, 0.15) is 20.8 Å². The molecule has 2 N–H and O–H groups in total. The molecular weight excluding hydrogens is 416 g/mol. The second kappa shape index (κ2) is 9.36. The summed E-state index contributed by atoms with van der Waals surface area (Å²) in [7, 11) is -2.28. The minimum atomic E-state index is -3.72. The van der Waals surface area contributed by atoms with Gasteiger partial charge in [0.25, 0.3) is 5.91 Å². The van der Waals surface area contributed by atoms with Crippen LogP contribution in [0, 0.1) is 0 Å². The van der Waals surface area contributed by atoms with Crippen LogP contribution in [0.5, 0.6) is 11.5 Å². The van der Waals surface area contributed by atoms with E-state index in [1.165, 1.54) is 25.3 Å². The van der Waals surface area contributed by atoms with Gasteiger partial charge in [0.05, 0.1) is 17.7 Å². The van der Waals surface area contributed by atoms with Crippen molar-refractivity contribution in [2.75, 3.05) is 12.4 Å². The summed E-state index contributed by atoms with van der Waals surface area (Å²) in [5, 5.41) is 4.78. The Morgan fingerprint density at radius 1 is 0.935 bits per heavy atom. The number of carbonyl (C=O) groups excluding carboxylic acids is 1. The van der Waals surface area contributed by atoms with E-state index in [9.17, 15) is 13.2 Å². The zero-order chi connectivity index (χ0) is 22.6. The Morgan fingerprint density at radius 2 is 1.65 bits per heavy atom. The number of nitrogens with one attached hydrogen (secondary N) is 2. The number of hydrogen-bond donors (Lipinski definition) is 2. The molecule has 7 nitrogen and oxygen atoms in total. The first-order valence-electron chi connectivity index (χ1n) is 9.86. The number of ether oxygens (including phenoxy) is 2. The molecule has 1 unspecified atom stereocenters. The highest BCUT2D eigenvalue weighted by Gasteiger charge is 2.21. The molecule has 0 aliphatic rings. The van der Waals surface area contributed by atoms with Gasteiger partial charge in [0.2, 0.25) is 10.0 Å². The van der Waals surface area contributed by atoms with E-state index in [1.807, 2.05) is 36.4 Å². The van der Waals surface area contributed by atoms with Gasteiger partial charge in [-0.05, 0) is 61.9 Å². The minimum absolute atomic E-state index is 0.0281. The summed E-state index contributed by atoms with van der Waals surface area (Å²) in [5.41, 5.74) is 0.244. The van der Waals surface area contributed by atoms with Crippen LogP contribution in [0.2, 0.25) is 0 Å². The Kier molecular flexibility index (Phi) is 6.82. The molecule has 3 aromatic rings. The van der Waals surface area contributed by atoms with Crippen LogP contribution in [-0.2, 0) is 14.8 Å². The van der Waals surface area contributed by atoms with Crippen LogP contribution in [0.25, 0.3) is 10.8 Å². The van der Waals surface area contributed by atoms with Crippen LogP contribution < -0.4 is 19.5 Å². The molecule has 0 aliphatic carbocycles. The number of methoxy groups -OCH3 is 1. The van der Waals surface area contributed by atoms with E-state index >= 15 is 0 Å². The molecule has 0 saturated heterocycles. The number of hydrogen-bond acceptors (Lipinski definition) is 5. The van der Waals surface area contributed by atoms with Crippen molar-refractivity contribution < 1.29 is 22.7 Å². The van der Waals surface area contributed by atoms with Gasteiger partial charge in [-0.1, -0.05) is 30.3 Å². The maximum atomic E-state index is 12.7. The molecule has 0 bridgehead atoms. The minimum Gasteiger partial charge on any atom is -0.495 e. The van der Waals surface area contributed by atoms with Gasteiger partial charge in [0.1, 0.15) is 11.5 Å². The van der Waals surface area contributed by atoms with E-state index in [0.29, 0.717) is 11.5 Å². The molecule has 3 aromatic carbocycles. The van der Waals surface area contributed by atoms with Gasteiger partial charge in [-0.15, -0.1) is 0 Å². The number of fused-ring (bicyclic) bond motifs is 1. The zero-order valence-electron chi connectivity index (χ0n) is 17.9. The molecule has 0 spiro atoms. The number of anilines is 1. The number of sulfonamides is 1. The van der Waals surface area contributed by atoms with Crippen molar-refractivity contribution in [3.63, 3.8) is 0 Å². The predicted molar refractivity (Wildman–Crippen MR) is 121 cm³/mol. The first-order valence-corrected chi connectivity index (χ1v) is 11.3. The van der Waals surface area contributed by atoms with E-state index < -0.39 is 22.0 Å². The van der Waals surface area contributed by atoms with E-state index in [1.54, 1.807) is 26.8 Å². The summed E-state index contributed by atoms with van der Waals surface area (Å²) in [4.78, 5) is 12.8. The van der Waals surface area contributed by atoms with Gasteiger partial charge in [-0.25, -0.2) is 13.1 Å². The topological polar surface area (TPSA) is 93.7 Å². The molecule has 0 heterocycles. The van der Waals surface area contributed by atoms with E-state index in [4.69, 9.17) is 9.47 Å². The van der Waals surface area contributed by atoms with E-state index in [-0.39, 0.29) is 16.6 Å². The first-order chi connectivity index (χ1) is 14.7. The summed E-state index contributed by atoms with van der Waals surface area (Å²) in [6.45, 7) is 5.09. The van der Waals surface area contributed by atoms with Crippen molar-refractivity contribution >= 4 is 32.4 Å². The smallest absolute Gasteiger partial charge is 0.265 e. The zero-order valence-corrected chi connectivity index (χ0v) is 18.7. The number of rotatable bonds is 8. The van der Waals surface area contributed by atoms with Crippen molar-refractivity contribution in [3.05, 3.63) is 60.7 Å². The monoisotopic (exact) mass is 442 g/mol. The third-order valence-corrected chi connectivity index (χ3v) is 6.19. The van der Waals surface area contributed by atoms with Crippen LogP contribution in [-0.4, -0.2) is 33.6 Å². The molecule has 0 aromatic heterocycles. The summed E-state index contributed by atoms with van der Waals surface area (Å²) in [5.74, 6) is 0.471. The lowest BCUT2D eigenvalue weighted by atomic mass is 10.1. The normalized spacial score (nSPS) is 12.5. The van der Waals surface area contributed by atoms with Gasteiger partial charge < -0.3 is 14.8 Å². The van der Waals surface area contributed by atoms with Gasteiger partial charge >= 0.3 is 0 Å². The first kappa shape index (κ1) is 22.6. The average Bonchev–Trinajstić information content (AvgIpc) is 2.72. The molecule has 164 valence electrons. The Hall–Kier alpha value is -3.10. The second-order valence-corrected chi connectivity index (χ2v) is 9.11. The number of amides is 1. The van der Waals surface area contributed by atoms with Crippen LogP contribution in [0.15, 0.2) is 65.6 Å². The van der Waals surface area contributed by atoms with Crippen molar-refractivity contribution in [2.24, 2.45) is 0 Å². The van der Waals surface area contributed by atoms with Gasteiger partial charge in [-0.3, -0.25) is 4.79 Å². The Labute approximate surface area is 182 Å². The fraction of sp³-hybridized carbons (Fsp3) is 0.261. The second-order valence-electron chi connectivity index (χ2n) is 7.40. The molecule has 8 heteroatoms. The van der Waals surface area contributed by atoms with Crippen molar-refractivity contribution in [1.29, 1.82) is 0 Å². The molecule has 0 radical (unpaired) electrons. The molecular formula is C23H26N2O5S.